The molecule has 7 heteroatoms. The highest BCUT2D eigenvalue weighted by Crippen LogP contribution is 2.42. The van der Waals surface area contributed by atoms with E-state index in [1.807, 2.05) is 24.3 Å². The van der Waals surface area contributed by atoms with Gasteiger partial charge in [0.15, 0.2) is 17.5 Å². The van der Waals surface area contributed by atoms with E-state index in [9.17, 15) is 0 Å². The molecule has 256 valence electrons. The van der Waals surface area contributed by atoms with Crippen molar-refractivity contribution in [1.29, 1.82) is 0 Å². The number of fused-ring (bicyclic) bond motifs is 10. The third-order valence-electron chi connectivity index (χ3n) is 10.8. The summed E-state index contributed by atoms with van der Waals surface area (Å²) in [5, 5.41) is 7.86. The zero-order valence-corrected chi connectivity index (χ0v) is 30.1. The minimum Gasteiger partial charge on any atom is -0.293 e. The number of hydrogen-bond donors (Lipinski definition) is 0. The van der Waals surface area contributed by atoms with Gasteiger partial charge in [0.2, 0.25) is 0 Å². The number of benzene rings is 7. The van der Waals surface area contributed by atoms with Gasteiger partial charge in [0.1, 0.15) is 10.6 Å². The highest BCUT2D eigenvalue weighted by atomic mass is 32.1. The maximum Gasteiger partial charge on any atom is 0.163 e. The molecule has 0 saturated heterocycles. The summed E-state index contributed by atoms with van der Waals surface area (Å²) in [6.45, 7) is 0. The van der Waals surface area contributed by atoms with Crippen molar-refractivity contribution < 1.29 is 0 Å². The Morgan fingerprint density at radius 3 is 1.62 bits per heavy atom. The Labute approximate surface area is 318 Å². The quantitative estimate of drug-likeness (QED) is 0.182. The molecule has 7 aromatic carbocycles. The Morgan fingerprint density at radius 1 is 0.364 bits per heavy atom. The predicted molar refractivity (Wildman–Crippen MR) is 228 cm³/mol. The van der Waals surface area contributed by atoms with Crippen LogP contribution in [0.15, 0.2) is 170 Å². The number of aromatic nitrogens is 6. The van der Waals surface area contributed by atoms with Crippen molar-refractivity contribution in [3.8, 4) is 34.4 Å². The molecule has 12 aromatic rings. The topological polar surface area (TPSA) is 61.4 Å². The third kappa shape index (κ3) is 4.48. The minimum atomic E-state index is 0.688. The van der Waals surface area contributed by atoms with Gasteiger partial charge in [-0.25, -0.2) is 19.9 Å². The van der Waals surface area contributed by atoms with Crippen molar-refractivity contribution in [2.24, 2.45) is 0 Å². The van der Waals surface area contributed by atoms with Crippen molar-refractivity contribution >= 4 is 86.2 Å². The van der Waals surface area contributed by atoms with Gasteiger partial charge in [-0.15, -0.1) is 11.3 Å². The monoisotopic (exact) mass is 720 g/mol. The van der Waals surface area contributed by atoms with E-state index in [-0.39, 0.29) is 0 Å². The molecule has 0 fully saturated rings. The molecule has 0 unspecified atom stereocenters. The number of rotatable bonds is 4. The van der Waals surface area contributed by atoms with Crippen LogP contribution >= 0.6 is 11.3 Å². The maximum absolute atomic E-state index is 5.51. The van der Waals surface area contributed by atoms with Crippen molar-refractivity contribution in [1.82, 2.24) is 29.1 Å². The van der Waals surface area contributed by atoms with Crippen LogP contribution in [0.25, 0.3) is 109 Å². The molecule has 55 heavy (non-hydrogen) atoms. The minimum absolute atomic E-state index is 0.688. The molecule has 0 aliphatic carbocycles. The Balaban J connectivity index is 1.13. The van der Waals surface area contributed by atoms with Crippen LogP contribution in [-0.2, 0) is 0 Å². The lowest BCUT2D eigenvalue weighted by atomic mass is 10.1. The van der Waals surface area contributed by atoms with Crippen LogP contribution in [0.1, 0.15) is 0 Å². The average molecular weight is 721 g/mol. The molecular formula is C48H28N6S. The first-order chi connectivity index (χ1) is 27.3. The highest BCUT2D eigenvalue weighted by molar-refractivity contribution is 7.25. The van der Waals surface area contributed by atoms with E-state index in [2.05, 4.69) is 155 Å². The largest absolute Gasteiger partial charge is 0.293 e. The number of hydrogen-bond acceptors (Lipinski definition) is 5. The molecular weight excluding hydrogens is 693 g/mol. The van der Waals surface area contributed by atoms with Crippen LogP contribution in [0.3, 0.4) is 0 Å². The van der Waals surface area contributed by atoms with Crippen molar-refractivity contribution in [2.45, 2.75) is 0 Å². The zero-order chi connectivity index (χ0) is 36.0. The summed E-state index contributed by atoms with van der Waals surface area (Å²) in [7, 11) is 0. The van der Waals surface area contributed by atoms with Crippen LogP contribution in [0, 0.1) is 0 Å². The molecule has 0 aliphatic rings. The third-order valence-corrected chi connectivity index (χ3v) is 11.8. The van der Waals surface area contributed by atoms with E-state index in [1.54, 1.807) is 11.3 Å². The Hall–Kier alpha value is -7.22. The molecule has 0 amide bonds. The van der Waals surface area contributed by atoms with Gasteiger partial charge in [-0.3, -0.25) is 9.13 Å². The first kappa shape index (κ1) is 30.3. The van der Waals surface area contributed by atoms with E-state index >= 15 is 0 Å². The number of thiophene rings is 1. The molecule has 0 spiro atoms. The standard InChI is InChI=1S/C48H28N6S/c1-2-14-29(15-3-1)44-49-37-21-9-4-19-34(37)46(50-44)53-40-24-12-7-18-33(40)36-28-30(26-27-41(36)53)45-51-47(43-35-20-8-13-25-42(35)55-48(43)52-45)54-38-22-10-5-16-31(38)32-17-6-11-23-39(32)54/h1-28H. The van der Waals surface area contributed by atoms with E-state index in [1.165, 1.54) is 15.5 Å². The lowest BCUT2D eigenvalue weighted by Crippen LogP contribution is -2.03. The van der Waals surface area contributed by atoms with Gasteiger partial charge in [0, 0.05) is 48.1 Å². The summed E-state index contributed by atoms with van der Waals surface area (Å²) in [5.41, 5.74) is 7.20. The predicted octanol–water partition coefficient (Wildman–Crippen LogP) is 12.3. The Kier molecular flexibility index (Phi) is 6.40. The molecule has 0 bridgehead atoms. The molecule has 5 aromatic heterocycles. The van der Waals surface area contributed by atoms with Gasteiger partial charge in [0.25, 0.3) is 0 Å². The number of nitrogens with zero attached hydrogens (tertiary/aromatic N) is 6. The smallest absolute Gasteiger partial charge is 0.163 e. The van der Waals surface area contributed by atoms with Gasteiger partial charge >= 0.3 is 0 Å². The Bertz CT molecular complexity index is 3450. The van der Waals surface area contributed by atoms with E-state index < -0.39 is 0 Å². The van der Waals surface area contributed by atoms with Crippen LogP contribution in [0.4, 0.5) is 0 Å². The maximum atomic E-state index is 5.51. The zero-order valence-electron chi connectivity index (χ0n) is 29.3. The van der Waals surface area contributed by atoms with Gasteiger partial charge < -0.3 is 0 Å². The lowest BCUT2D eigenvalue weighted by Gasteiger charge is -2.13. The van der Waals surface area contributed by atoms with E-state index in [4.69, 9.17) is 19.9 Å². The van der Waals surface area contributed by atoms with Crippen LogP contribution in [0.2, 0.25) is 0 Å². The first-order valence-electron chi connectivity index (χ1n) is 18.3. The SMILES string of the molecule is c1ccc(-c2nc(-n3c4ccccc4c4cc(-c5nc(-n6c7ccccc7c7ccccc76)c6c(n5)sc5ccccc56)ccc43)c3ccccc3n2)cc1. The molecule has 0 saturated carbocycles. The van der Waals surface area contributed by atoms with Gasteiger partial charge in [-0.2, -0.15) is 0 Å². The number of para-hydroxylation sites is 4. The molecule has 5 heterocycles. The van der Waals surface area contributed by atoms with Crippen molar-refractivity contribution in [3.05, 3.63) is 170 Å². The second kappa shape index (κ2) is 11.6. The van der Waals surface area contributed by atoms with Gasteiger partial charge in [-0.1, -0.05) is 115 Å². The van der Waals surface area contributed by atoms with Gasteiger partial charge in [-0.05, 0) is 54.6 Å². The van der Waals surface area contributed by atoms with E-state index in [0.29, 0.717) is 11.6 Å². The first-order valence-corrected chi connectivity index (χ1v) is 19.1. The van der Waals surface area contributed by atoms with Crippen molar-refractivity contribution in [2.75, 3.05) is 0 Å². The van der Waals surface area contributed by atoms with E-state index in [0.717, 1.165) is 82.1 Å². The molecule has 6 nitrogen and oxygen atoms in total. The molecule has 0 atom stereocenters. The summed E-state index contributed by atoms with van der Waals surface area (Å²) in [6, 6.07) is 59.4. The lowest BCUT2D eigenvalue weighted by molar-refractivity contribution is 1.07. The van der Waals surface area contributed by atoms with Crippen molar-refractivity contribution in [3.63, 3.8) is 0 Å². The highest BCUT2D eigenvalue weighted by Gasteiger charge is 2.22. The van der Waals surface area contributed by atoms with Crippen LogP contribution < -0.4 is 0 Å². The average Bonchev–Trinajstić information content (AvgIpc) is 3.91. The normalized spacial score (nSPS) is 12.0. The molecule has 0 radical (unpaired) electrons. The fourth-order valence-corrected chi connectivity index (χ4v) is 9.40. The second-order valence-electron chi connectivity index (χ2n) is 13.9. The summed E-state index contributed by atoms with van der Waals surface area (Å²) < 4.78 is 5.80. The fourth-order valence-electron chi connectivity index (χ4n) is 8.33. The molecule has 12 rings (SSSR count). The summed E-state index contributed by atoms with van der Waals surface area (Å²) >= 11 is 1.72. The second-order valence-corrected chi connectivity index (χ2v) is 14.9. The summed E-state index contributed by atoms with van der Waals surface area (Å²) in [4.78, 5) is 22.0. The summed E-state index contributed by atoms with van der Waals surface area (Å²) in [6.07, 6.45) is 0. The molecule has 0 N–H and O–H groups in total. The van der Waals surface area contributed by atoms with Crippen LogP contribution in [-0.4, -0.2) is 29.1 Å². The van der Waals surface area contributed by atoms with Crippen LogP contribution in [0.5, 0.6) is 0 Å². The Morgan fingerprint density at radius 2 is 0.891 bits per heavy atom. The summed E-state index contributed by atoms with van der Waals surface area (Å²) in [5.74, 6) is 3.12. The molecule has 0 aliphatic heterocycles. The van der Waals surface area contributed by atoms with Gasteiger partial charge in [0.05, 0.1) is 33.0 Å². The fraction of sp³-hybridized carbons (Fsp3) is 0.